The largest absolute Gasteiger partial charge is 0.379 e. The molecule has 0 aromatic heterocycles. The van der Waals surface area contributed by atoms with Gasteiger partial charge in [0.25, 0.3) is 5.91 Å². The van der Waals surface area contributed by atoms with Crippen molar-refractivity contribution in [2.45, 2.75) is 39.3 Å². The molecular weight excluding hydrogens is 366 g/mol. The fourth-order valence-corrected chi connectivity index (χ4v) is 3.31. The normalized spacial score (nSPS) is 16.8. The van der Waals surface area contributed by atoms with E-state index in [2.05, 4.69) is 29.4 Å². The fraction of sp³-hybridized carbons (Fsp3) is 0.600. The van der Waals surface area contributed by atoms with E-state index in [-0.39, 0.29) is 23.3 Å². The summed E-state index contributed by atoms with van der Waals surface area (Å²) in [6.07, 6.45) is 0. The van der Waals surface area contributed by atoms with E-state index in [1.54, 1.807) is 24.3 Å². The lowest BCUT2D eigenvalue weighted by Gasteiger charge is -2.41. The number of halogens is 1. The van der Waals surface area contributed by atoms with Gasteiger partial charge in [-0.05, 0) is 31.9 Å². The number of nitrogens with one attached hydrogen (secondary N) is 2. The van der Waals surface area contributed by atoms with E-state index in [4.69, 9.17) is 16.3 Å². The summed E-state index contributed by atoms with van der Waals surface area (Å²) in [5, 5.41) is 6.19. The summed E-state index contributed by atoms with van der Waals surface area (Å²) in [4.78, 5) is 27.6. The molecule has 2 N–H and O–H groups in total. The smallest absolute Gasteiger partial charge is 0.253 e. The zero-order valence-electron chi connectivity index (χ0n) is 16.5. The van der Waals surface area contributed by atoms with Crippen molar-refractivity contribution in [3.05, 3.63) is 34.9 Å². The van der Waals surface area contributed by atoms with Gasteiger partial charge in [0.1, 0.15) is 6.04 Å². The maximum Gasteiger partial charge on any atom is 0.253 e. The van der Waals surface area contributed by atoms with E-state index in [0.29, 0.717) is 30.3 Å². The van der Waals surface area contributed by atoms with Gasteiger partial charge >= 0.3 is 0 Å². The monoisotopic (exact) mass is 395 g/mol. The minimum absolute atomic E-state index is 0.0528. The van der Waals surface area contributed by atoms with Crippen LogP contribution < -0.4 is 10.6 Å². The molecule has 150 valence electrons. The lowest BCUT2D eigenvalue weighted by Crippen LogP contribution is -2.58. The molecule has 1 aromatic carbocycles. The molecule has 1 unspecified atom stereocenters. The predicted octanol–water partition coefficient (Wildman–Crippen LogP) is 2.32. The van der Waals surface area contributed by atoms with E-state index in [0.717, 1.165) is 13.1 Å². The number of rotatable bonds is 7. The first-order valence-corrected chi connectivity index (χ1v) is 9.76. The van der Waals surface area contributed by atoms with Crippen LogP contribution in [0, 0.1) is 5.92 Å². The number of hydrogen-bond acceptors (Lipinski definition) is 4. The first kappa shape index (κ1) is 21.7. The molecule has 7 heteroatoms. The van der Waals surface area contributed by atoms with Crippen LogP contribution in [0.15, 0.2) is 24.3 Å². The second-order valence-electron chi connectivity index (χ2n) is 7.80. The summed E-state index contributed by atoms with van der Waals surface area (Å²) in [6.45, 7) is 11.6. The highest BCUT2D eigenvalue weighted by Crippen LogP contribution is 2.17. The molecule has 1 aliphatic rings. The van der Waals surface area contributed by atoms with E-state index < -0.39 is 6.04 Å². The van der Waals surface area contributed by atoms with Crippen molar-refractivity contribution in [1.29, 1.82) is 0 Å². The third-order valence-corrected chi connectivity index (χ3v) is 5.25. The molecule has 6 nitrogen and oxygen atoms in total. The first-order chi connectivity index (χ1) is 12.7. The van der Waals surface area contributed by atoms with Crippen LogP contribution in [-0.4, -0.2) is 61.1 Å². The molecule has 1 atom stereocenters. The van der Waals surface area contributed by atoms with Crippen LogP contribution in [-0.2, 0) is 9.53 Å². The quantitative estimate of drug-likeness (QED) is 0.743. The SMILES string of the molecule is CC(C)C(NC(=O)c1ccccc1Cl)C(=O)NCC(C)(C)N1CCOCC1. The Morgan fingerprint density at radius 2 is 1.85 bits per heavy atom. The van der Waals surface area contributed by atoms with E-state index >= 15 is 0 Å². The molecule has 0 radical (unpaired) electrons. The highest BCUT2D eigenvalue weighted by molar-refractivity contribution is 6.33. The number of benzene rings is 1. The number of ether oxygens (including phenoxy) is 1. The summed E-state index contributed by atoms with van der Waals surface area (Å²) in [5.74, 6) is -0.587. The third-order valence-electron chi connectivity index (χ3n) is 4.92. The molecule has 1 fully saturated rings. The average molecular weight is 396 g/mol. The van der Waals surface area contributed by atoms with Crippen LogP contribution >= 0.6 is 11.6 Å². The number of carbonyl (C=O) groups is 2. The van der Waals surface area contributed by atoms with Crippen molar-refractivity contribution in [3.8, 4) is 0 Å². The van der Waals surface area contributed by atoms with Crippen LogP contribution in [0.5, 0.6) is 0 Å². The van der Waals surface area contributed by atoms with Gasteiger partial charge < -0.3 is 15.4 Å². The summed E-state index contributed by atoms with van der Waals surface area (Å²) >= 11 is 6.09. The highest BCUT2D eigenvalue weighted by atomic mass is 35.5. The van der Waals surface area contributed by atoms with E-state index in [9.17, 15) is 9.59 Å². The molecule has 1 aliphatic heterocycles. The van der Waals surface area contributed by atoms with Gasteiger partial charge in [-0.25, -0.2) is 0 Å². The van der Waals surface area contributed by atoms with Crippen LogP contribution in [0.4, 0.5) is 0 Å². The molecule has 1 aromatic rings. The molecule has 0 spiro atoms. The highest BCUT2D eigenvalue weighted by Gasteiger charge is 2.31. The molecule has 0 aliphatic carbocycles. The minimum Gasteiger partial charge on any atom is -0.379 e. The Morgan fingerprint density at radius 3 is 2.44 bits per heavy atom. The Morgan fingerprint density at radius 1 is 1.22 bits per heavy atom. The van der Waals surface area contributed by atoms with Gasteiger partial charge in [0, 0.05) is 25.2 Å². The maximum absolute atomic E-state index is 12.8. The number of morpholine rings is 1. The second kappa shape index (κ2) is 9.53. The number of hydrogen-bond donors (Lipinski definition) is 2. The van der Waals surface area contributed by atoms with Gasteiger partial charge in [0.2, 0.25) is 5.91 Å². The molecular formula is C20H30ClN3O3. The van der Waals surface area contributed by atoms with Crippen molar-refractivity contribution in [2.75, 3.05) is 32.8 Å². The summed E-state index contributed by atoms with van der Waals surface area (Å²) in [6, 6.07) is 6.19. The molecule has 2 rings (SSSR count). The third kappa shape index (κ3) is 5.92. The zero-order valence-corrected chi connectivity index (χ0v) is 17.3. The fourth-order valence-electron chi connectivity index (χ4n) is 3.09. The van der Waals surface area contributed by atoms with Crippen LogP contribution in [0.25, 0.3) is 0 Å². The minimum atomic E-state index is -0.630. The molecule has 27 heavy (non-hydrogen) atoms. The Kier molecular flexibility index (Phi) is 7.65. The van der Waals surface area contributed by atoms with Gasteiger partial charge in [-0.2, -0.15) is 0 Å². The van der Waals surface area contributed by atoms with Crippen molar-refractivity contribution in [1.82, 2.24) is 15.5 Å². The standard InChI is InChI=1S/C20H30ClN3O3/c1-14(2)17(23-18(25)15-7-5-6-8-16(15)21)19(26)22-13-20(3,4)24-9-11-27-12-10-24/h5-8,14,17H,9-13H2,1-4H3,(H,22,26)(H,23,25). The van der Waals surface area contributed by atoms with Crippen LogP contribution in [0.3, 0.4) is 0 Å². The van der Waals surface area contributed by atoms with Crippen LogP contribution in [0.1, 0.15) is 38.1 Å². The van der Waals surface area contributed by atoms with Crippen molar-refractivity contribution in [2.24, 2.45) is 5.92 Å². The van der Waals surface area contributed by atoms with Gasteiger partial charge in [0.15, 0.2) is 0 Å². The molecule has 1 heterocycles. The van der Waals surface area contributed by atoms with Crippen molar-refractivity contribution < 1.29 is 14.3 Å². The average Bonchev–Trinajstić information content (AvgIpc) is 2.65. The topological polar surface area (TPSA) is 70.7 Å². The Balaban J connectivity index is 1.98. The first-order valence-electron chi connectivity index (χ1n) is 9.38. The number of nitrogens with zero attached hydrogens (tertiary/aromatic N) is 1. The molecule has 2 amide bonds. The number of carbonyl (C=O) groups excluding carboxylic acids is 2. The summed E-state index contributed by atoms with van der Waals surface area (Å²) in [7, 11) is 0. The molecule has 0 saturated carbocycles. The van der Waals surface area contributed by atoms with Gasteiger partial charge in [-0.3, -0.25) is 14.5 Å². The number of amides is 2. The Labute approximate surface area is 166 Å². The van der Waals surface area contributed by atoms with E-state index in [1.807, 2.05) is 13.8 Å². The summed E-state index contributed by atoms with van der Waals surface area (Å²) in [5.41, 5.74) is 0.180. The second-order valence-corrected chi connectivity index (χ2v) is 8.21. The van der Waals surface area contributed by atoms with Crippen molar-refractivity contribution in [3.63, 3.8) is 0 Å². The van der Waals surface area contributed by atoms with E-state index in [1.165, 1.54) is 0 Å². The predicted molar refractivity (Wildman–Crippen MR) is 107 cm³/mol. The Bertz CT molecular complexity index is 658. The molecule has 1 saturated heterocycles. The van der Waals surface area contributed by atoms with Gasteiger partial charge in [-0.1, -0.05) is 37.6 Å². The van der Waals surface area contributed by atoms with Crippen molar-refractivity contribution >= 4 is 23.4 Å². The zero-order chi connectivity index (χ0) is 20.0. The lowest BCUT2D eigenvalue weighted by atomic mass is 9.99. The summed E-state index contributed by atoms with van der Waals surface area (Å²) < 4.78 is 5.40. The van der Waals surface area contributed by atoms with Gasteiger partial charge in [-0.15, -0.1) is 0 Å². The Hall–Kier alpha value is -1.63. The van der Waals surface area contributed by atoms with Crippen LogP contribution in [0.2, 0.25) is 5.02 Å². The molecule has 0 bridgehead atoms. The lowest BCUT2D eigenvalue weighted by molar-refractivity contribution is -0.124. The van der Waals surface area contributed by atoms with Gasteiger partial charge in [0.05, 0.1) is 23.8 Å². The maximum atomic E-state index is 12.8.